The van der Waals surface area contributed by atoms with Gasteiger partial charge in [-0.3, -0.25) is 24.1 Å². The molecule has 3 heterocycles. The third-order valence-electron chi connectivity index (χ3n) is 7.58. The molecule has 0 spiro atoms. The highest BCUT2D eigenvalue weighted by molar-refractivity contribution is 8.00. The van der Waals surface area contributed by atoms with Gasteiger partial charge in [0.15, 0.2) is 0 Å². The maximum absolute atomic E-state index is 13.1. The molecule has 1 aromatic carbocycles. The number of likely N-dealkylation sites (tertiary alicyclic amines) is 1. The number of aliphatic carboxylic acids is 1. The first-order chi connectivity index (χ1) is 15.4. The molecule has 1 saturated heterocycles. The molecule has 7 unspecified atom stereocenters. The summed E-state index contributed by atoms with van der Waals surface area (Å²) >= 11 is 2.83. The molecule has 10 heteroatoms. The van der Waals surface area contributed by atoms with Gasteiger partial charge in [-0.2, -0.15) is 0 Å². The Morgan fingerprint density at radius 3 is 2.50 bits per heavy atom. The van der Waals surface area contributed by atoms with Gasteiger partial charge in [0.05, 0.1) is 24.0 Å². The van der Waals surface area contributed by atoms with Crippen molar-refractivity contribution in [3.05, 3.63) is 44.4 Å². The summed E-state index contributed by atoms with van der Waals surface area (Å²) in [6.45, 7) is -0.574. The van der Waals surface area contributed by atoms with Crippen molar-refractivity contribution in [3.8, 4) is 5.75 Å². The monoisotopic (exact) mass is 472 g/mol. The van der Waals surface area contributed by atoms with E-state index in [4.69, 9.17) is 4.74 Å². The van der Waals surface area contributed by atoms with Crippen molar-refractivity contribution in [2.24, 2.45) is 29.6 Å². The van der Waals surface area contributed by atoms with Crippen LogP contribution in [0.5, 0.6) is 5.75 Å². The van der Waals surface area contributed by atoms with E-state index in [1.54, 1.807) is 18.9 Å². The third-order valence-corrected chi connectivity index (χ3v) is 10.2. The molecule has 3 fully saturated rings. The average Bonchev–Trinajstić information content (AvgIpc) is 3.49. The van der Waals surface area contributed by atoms with Gasteiger partial charge >= 0.3 is 10.8 Å². The molecule has 2 N–H and O–H groups in total. The molecule has 6 rings (SSSR count). The summed E-state index contributed by atoms with van der Waals surface area (Å²) < 4.78 is 5.30. The van der Waals surface area contributed by atoms with Crippen molar-refractivity contribution in [1.29, 1.82) is 0 Å². The van der Waals surface area contributed by atoms with Crippen molar-refractivity contribution in [2.75, 3.05) is 13.7 Å². The number of carboxylic acid groups (broad SMARTS) is 1. The Kier molecular flexibility index (Phi) is 4.36. The van der Waals surface area contributed by atoms with Crippen LogP contribution in [0.1, 0.15) is 22.8 Å². The number of H-pyrrole nitrogens is 1. The molecule has 2 aromatic rings. The Labute approximate surface area is 191 Å². The number of fused-ring (bicyclic) bond motifs is 9. The molecule has 2 saturated carbocycles. The van der Waals surface area contributed by atoms with Crippen LogP contribution in [-0.2, 0) is 14.4 Å². The van der Waals surface area contributed by atoms with E-state index in [0.717, 1.165) is 32.5 Å². The molecule has 2 aliphatic heterocycles. The van der Waals surface area contributed by atoms with Crippen LogP contribution in [0.3, 0.4) is 0 Å². The lowest BCUT2D eigenvalue weighted by atomic mass is 9.68. The number of hydrogen-bond acceptors (Lipinski definition) is 7. The zero-order valence-corrected chi connectivity index (χ0v) is 18.7. The Morgan fingerprint density at radius 2 is 1.84 bits per heavy atom. The second-order valence-corrected chi connectivity index (χ2v) is 11.1. The number of amides is 2. The van der Waals surface area contributed by atoms with Crippen molar-refractivity contribution >= 4 is 40.9 Å². The summed E-state index contributed by atoms with van der Waals surface area (Å²) in [7, 11) is 1.61. The Morgan fingerprint density at radius 1 is 1.16 bits per heavy atom. The Balaban J connectivity index is 1.44. The fraction of sp³-hybridized carbons (Fsp3) is 0.455. The average molecular weight is 473 g/mol. The number of aromatic nitrogens is 1. The summed E-state index contributed by atoms with van der Waals surface area (Å²) in [6, 6.07) is 7.81. The lowest BCUT2D eigenvalue weighted by molar-refractivity contribution is -0.149. The minimum Gasteiger partial charge on any atom is -0.497 e. The fourth-order valence-electron chi connectivity index (χ4n) is 6.55. The molecule has 1 aromatic heterocycles. The largest absolute Gasteiger partial charge is 0.497 e. The van der Waals surface area contributed by atoms with E-state index in [2.05, 4.69) is 4.98 Å². The number of carboxylic acids is 1. The van der Waals surface area contributed by atoms with Crippen molar-refractivity contribution in [3.63, 3.8) is 0 Å². The van der Waals surface area contributed by atoms with E-state index < -0.39 is 24.3 Å². The van der Waals surface area contributed by atoms with Crippen LogP contribution < -0.4 is 9.61 Å². The summed E-state index contributed by atoms with van der Waals surface area (Å²) in [4.78, 5) is 54.4. The smallest absolute Gasteiger partial charge is 0.323 e. The number of carbonyl (C=O) groups excluding carboxylic acids is 2. The van der Waals surface area contributed by atoms with Crippen LogP contribution >= 0.6 is 23.1 Å². The number of methoxy groups -OCH3 is 1. The first-order valence-corrected chi connectivity index (χ1v) is 12.2. The Bertz CT molecular complexity index is 1200. The van der Waals surface area contributed by atoms with Gasteiger partial charge < -0.3 is 14.8 Å². The van der Waals surface area contributed by atoms with E-state index in [-0.39, 0.29) is 45.6 Å². The number of thioether (sulfide) groups is 1. The van der Waals surface area contributed by atoms with Gasteiger partial charge in [0.25, 0.3) is 0 Å². The van der Waals surface area contributed by atoms with E-state index in [1.165, 1.54) is 11.3 Å². The molecule has 2 bridgehead atoms. The number of aromatic amines is 1. The number of nitrogens with one attached hydrogen (secondary N) is 1. The molecule has 0 radical (unpaired) electrons. The molecule has 32 heavy (non-hydrogen) atoms. The van der Waals surface area contributed by atoms with Crippen LogP contribution in [-0.4, -0.2) is 51.7 Å². The molecular weight excluding hydrogens is 452 g/mol. The van der Waals surface area contributed by atoms with E-state index in [9.17, 15) is 24.3 Å². The molecule has 8 nitrogen and oxygen atoms in total. The van der Waals surface area contributed by atoms with Gasteiger partial charge in [0, 0.05) is 16.0 Å². The maximum atomic E-state index is 13.1. The van der Waals surface area contributed by atoms with Crippen molar-refractivity contribution in [1.82, 2.24) is 9.88 Å². The van der Waals surface area contributed by atoms with Crippen LogP contribution in [0.4, 0.5) is 0 Å². The number of ether oxygens (including phenoxy) is 1. The van der Waals surface area contributed by atoms with Crippen LogP contribution in [0.25, 0.3) is 0 Å². The topological polar surface area (TPSA) is 117 Å². The van der Waals surface area contributed by atoms with Crippen LogP contribution in [0.15, 0.2) is 34.1 Å². The minimum absolute atomic E-state index is 0.00690. The van der Waals surface area contributed by atoms with E-state index >= 15 is 0 Å². The summed E-state index contributed by atoms with van der Waals surface area (Å²) in [5.74, 6) is -2.04. The molecule has 4 aliphatic rings. The zero-order valence-electron chi connectivity index (χ0n) is 17.0. The molecule has 2 amide bonds. The quantitative estimate of drug-likeness (QED) is 0.654. The maximum Gasteiger partial charge on any atom is 0.323 e. The van der Waals surface area contributed by atoms with Gasteiger partial charge in [-0.25, -0.2) is 0 Å². The number of hydrogen-bond donors (Lipinski definition) is 2. The predicted molar refractivity (Wildman–Crippen MR) is 116 cm³/mol. The van der Waals surface area contributed by atoms with Crippen molar-refractivity contribution < 1.29 is 24.2 Å². The lowest BCUT2D eigenvalue weighted by Crippen LogP contribution is -2.42. The van der Waals surface area contributed by atoms with Gasteiger partial charge in [-0.05, 0) is 41.9 Å². The highest BCUT2D eigenvalue weighted by Crippen LogP contribution is 2.68. The number of benzene rings is 1. The number of nitrogens with zero attached hydrogens (tertiary/aromatic N) is 1. The Hall–Kier alpha value is -2.59. The number of carbonyl (C=O) groups is 3. The van der Waals surface area contributed by atoms with Crippen LogP contribution in [0, 0.1) is 29.6 Å². The molecule has 166 valence electrons. The minimum atomic E-state index is -1.18. The summed E-state index contributed by atoms with van der Waals surface area (Å²) in [5, 5.41) is 10.1. The zero-order chi connectivity index (χ0) is 22.3. The normalized spacial score (nSPS) is 34.4. The summed E-state index contributed by atoms with van der Waals surface area (Å²) in [6.07, 6.45) is 0.780. The second-order valence-electron chi connectivity index (χ2n) is 8.89. The molecular formula is C22H20N2O6S2. The summed E-state index contributed by atoms with van der Waals surface area (Å²) in [5.41, 5.74) is 1.06. The van der Waals surface area contributed by atoms with Crippen molar-refractivity contribution in [2.45, 2.75) is 22.6 Å². The lowest BCUT2D eigenvalue weighted by Gasteiger charge is -2.43. The van der Waals surface area contributed by atoms with Gasteiger partial charge in [-0.1, -0.05) is 23.5 Å². The highest BCUT2D eigenvalue weighted by atomic mass is 32.2. The van der Waals surface area contributed by atoms with Crippen LogP contribution in [0.2, 0.25) is 0 Å². The van der Waals surface area contributed by atoms with E-state index in [0.29, 0.717) is 0 Å². The second kappa shape index (κ2) is 6.95. The fourth-order valence-corrected chi connectivity index (χ4v) is 9.44. The first-order valence-electron chi connectivity index (χ1n) is 10.5. The SMILES string of the molecule is COc1ccc(C2c3sc(=O)[nH]c3SC3C4CC(C5C(=O)N(CC(=O)O)C(=O)C45)C23)cc1. The number of imide groups is 1. The third kappa shape index (κ3) is 2.62. The van der Waals surface area contributed by atoms with Gasteiger partial charge in [-0.15, -0.1) is 11.8 Å². The van der Waals surface area contributed by atoms with Gasteiger partial charge in [0.2, 0.25) is 11.8 Å². The number of thiazole rings is 1. The highest BCUT2D eigenvalue weighted by Gasteiger charge is 2.69. The standard InChI is InChI=1S/C22H20N2O6S2/c1-30-9-4-2-8(3-5-9)13-14-10-6-11(17(14)31-19-18(13)32-22(29)23-19)16-15(10)20(27)24(21(16)28)7-12(25)26/h2-5,10-11,13-17H,6-7H2,1H3,(H,23,29)(H,25,26). The van der Waals surface area contributed by atoms with E-state index in [1.807, 2.05) is 24.3 Å². The number of rotatable bonds is 4. The first kappa shape index (κ1) is 20.0. The van der Waals surface area contributed by atoms with Gasteiger partial charge in [0.1, 0.15) is 12.3 Å². The molecule has 2 aliphatic carbocycles. The predicted octanol–water partition coefficient (Wildman–Crippen LogP) is 2.00. The molecule has 7 atom stereocenters.